The summed E-state index contributed by atoms with van der Waals surface area (Å²) in [6, 6.07) is 17.1. The van der Waals surface area contributed by atoms with Gasteiger partial charge in [0.15, 0.2) is 5.78 Å². The highest BCUT2D eigenvalue weighted by Gasteiger charge is 2.08. The van der Waals surface area contributed by atoms with Crippen LogP contribution in [-0.2, 0) is 20.9 Å². The number of carbonyl (C=O) groups excluding carboxylic acids is 2. The lowest BCUT2D eigenvalue weighted by atomic mass is 10.1. The Morgan fingerprint density at radius 2 is 1.68 bits per heavy atom. The summed E-state index contributed by atoms with van der Waals surface area (Å²) in [4.78, 5) is 23.4. The van der Waals surface area contributed by atoms with E-state index in [0.717, 1.165) is 16.7 Å². The molecule has 0 saturated heterocycles. The Morgan fingerprint density at radius 1 is 1.00 bits per heavy atom. The zero-order valence-corrected chi connectivity index (χ0v) is 12.5. The molecule has 0 aromatic heterocycles. The van der Waals surface area contributed by atoms with Gasteiger partial charge in [-0.05, 0) is 29.7 Å². The minimum atomic E-state index is -0.511. The van der Waals surface area contributed by atoms with Crippen molar-refractivity contribution in [3.05, 3.63) is 77.4 Å². The van der Waals surface area contributed by atoms with Crippen molar-refractivity contribution in [3.8, 4) is 0 Å². The molecule has 22 heavy (non-hydrogen) atoms. The molecule has 0 heterocycles. The molecule has 0 saturated carbocycles. The second-order valence-corrected chi connectivity index (χ2v) is 4.98. The van der Waals surface area contributed by atoms with Crippen LogP contribution in [0.5, 0.6) is 0 Å². The molecule has 3 nitrogen and oxygen atoms in total. The van der Waals surface area contributed by atoms with E-state index >= 15 is 0 Å². The van der Waals surface area contributed by atoms with E-state index < -0.39 is 5.97 Å². The van der Waals surface area contributed by atoms with Crippen molar-refractivity contribution >= 4 is 17.8 Å². The van der Waals surface area contributed by atoms with Crippen molar-refractivity contribution in [1.82, 2.24) is 0 Å². The van der Waals surface area contributed by atoms with Gasteiger partial charge in [-0.1, -0.05) is 60.7 Å². The smallest absolute Gasteiger partial charge is 0.314 e. The SMILES string of the molecule is Cc1ccccc1C=CC(=O)CC(=O)OCc1ccccc1. The molecule has 0 unspecified atom stereocenters. The number of carbonyl (C=O) groups is 2. The third kappa shape index (κ3) is 5.02. The second-order valence-electron chi connectivity index (χ2n) is 4.98. The Bertz CT molecular complexity index is 672. The number of ketones is 1. The van der Waals surface area contributed by atoms with E-state index in [1.807, 2.05) is 61.5 Å². The van der Waals surface area contributed by atoms with E-state index in [-0.39, 0.29) is 18.8 Å². The van der Waals surface area contributed by atoms with E-state index in [1.54, 1.807) is 6.08 Å². The van der Waals surface area contributed by atoms with Crippen molar-refractivity contribution in [3.63, 3.8) is 0 Å². The van der Waals surface area contributed by atoms with Gasteiger partial charge in [-0.2, -0.15) is 0 Å². The highest BCUT2D eigenvalue weighted by atomic mass is 16.5. The van der Waals surface area contributed by atoms with Gasteiger partial charge in [0.25, 0.3) is 0 Å². The normalized spacial score (nSPS) is 10.6. The second kappa shape index (κ2) is 7.93. The Labute approximate surface area is 130 Å². The van der Waals surface area contributed by atoms with Crippen LogP contribution < -0.4 is 0 Å². The van der Waals surface area contributed by atoms with Crippen LogP contribution in [0.4, 0.5) is 0 Å². The van der Waals surface area contributed by atoms with Crippen LogP contribution in [0, 0.1) is 6.92 Å². The molecule has 0 bridgehead atoms. The highest BCUT2D eigenvalue weighted by Crippen LogP contribution is 2.09. The fourth-order valence-electron chi connectivity index (χ4n) is 1.95. The summed E-state index contributed by atoms with van der Waals surface area (Å²) in [5.74, 6) is -0.774. The summed E-state index contributed by atoms with van der Waals surface area (Å²) < 4.78 is 5.08. The van der Waals surface area contributed by atoms with Crippen LogP contribution in [0.2, 0.25) is 0 Å². The summed E-state index contributed by atoms with van der Waals surface area (Å²) in [5.41, 5.74) is 2.95. The maximum absolute atomic E-state index is 11.8. The lowest BCUT2D eigenvalue weighted by molar-refractivity contribution is -0.146. The molecule has 2 aromatic rings. The van der Waals surface area contributed by atoms with Gasteiger partial charge >= 0.3 is 5.97 Å². The summed E-state index contributed by atoms with van der Waals surface area (Å²) in [5, 5.41) is 0. The van der Waals surface area contributed by atoms with Gasteiger partial charge in [0, 0.05) is 0 Å². The molecule has 0 aliphatic heterocycles. The van der Waals surface area contributed by atoms with Gasteiger partial charge < -0.3 is 4.74 Å². The van der Waals surface area contributed by atoms with Crippen LogP contribution in [0.25, 0.3) is 6.08 Å². The molecule has 0 atom stereocenters. The molecule has 0 spiro atoms. The first-order chi connectivity index (χ1) is 10.6. The van der Waals surface area contributed by atoms with E-state index in [9.17, 15) is 9.59 Å². The van der Waals surface area contributed by atoms with Gasteiger partial charge in [-0.15, -0.1) is 0 Å². The van der Waals surface area contributed by atoms with Gasteiger partial charge in [-0.3, -0.25) is 9.59 Å². The van der Waals surface area contributed by atoms with E-state index in [0.29, 0.717) is 0 Å². The number of hydrogen-bond acceptors (Lipinski definition) is 3. The number of aryl methyl sites for hydroxylation is 1. The predicted molar refractivity (Wildman–Crippen MR) is 86.1 cm³/mol. The first-order valence-corrected chi connectivity index (χ1v) is 7.11. The molecule has 0 N–H and O–H groups in total. The van der Waals surface area contributed by atoms with Gasteiger partial charge in [0.1, 0.15) is 13.0 Å². The molecular weight excluding hydrogens is 276 g/mol. The summed E-state index contributed by atoms with van der Waals surface area (Å²) >= 11 is 0. The minimum absolute atomic E-state index is 0.189. The van der Waals surface area contributed by atoms with Crippen molar-refractivity contribution < 1.29 is 14.3 Å². The Balaban J connectivity index is 1.81. The molecule has 0 aliphatic carbocycles. The van der Waals surface area contributed by atoms with Crippen molar-refractivity contribution in [2.24, 2.45) is 0 Å². The van der Waals surface area contributed by atoms with Crippen molar-refractivity contribution in [2.75, 3.05) is 0 Å². The first kappa shape index (κ1) is 15.7. The fraction of sp³-hybridized carbons (Fsp3) is 0.158. The van der Waals surface area contributed by atoms with Crippen LogP contribution in [0.3, 0.4) is 0 Å². The largest absolute Gasteiger partial charge is 0.460 e. The lowest BCUT2D eigenvalue weighted by Crippen LogP contribution is -2.09. The average molecular weight is 294 g/mol. The molecule has 2 aromatic carbocycles. The Kier molecular flexibility index (Phi) is 5.66. The maximum atomic E-state index is 11.8. The van der Waals surface area contributed by atoms with Crippen molar-refractivity contribution in [1.29, 1.82) is 0 Å². The summed E-state index contributed by atoms with van der Waals surface area (Å²) in [6.45, 7) is 2.16. The number of allylic oxidation sites excluding steroid dienone is 1. The maximum Gasteiger partial charge on any atom is 0.314 e. The third-order valence-electron chi connectivity index (χ3n) is 3.20. The van der Waals surface area contributed by atoms with Gasteiger partial charge in [0.05, 0.1) is 0 Å². The molecule has 0 amide bonds. The number of ether oxygens (including phenoxy) is 1. The highest BCUT2D eigenvalue weighted by molar-refractivity contribution is 6.04. The lowest BCUT2D eigenvalue weighted by Gasteiger charge is -2.03. The first-order valence-electron chi connectivity index (χ1n) is 7.11. The zero-order valence-electron chi connectivity index (χ0n) is 12.5. The Morgan fingerprint density at radius 3 is 2.41 bits per heavy atom. The number of hydrogen-bond donors (Lipinski definition) is 0. The van der Waals surface area contributed by atoms with E-state index in [2.05, 4.69) is 0 Å². The van der Waals surface area contributed by atoms with Crippen LogP contribution in [0.15, 0.2) is 60.7 Å². The van der Waals surface area contributed by atoms with E-state index in [4.69, 9.17) is 4.74 Å². The molecule has 112 valence electrons. The number of esters is 1. The minimum Gasteiger partial charge on any atom is -0.460 e. The fourth-order valence-corrected chi connectivity index (χ4v) is 1.95. The quantitative estimate of drug-likeness (QED) is 0.463. The van der Waals surface area contributed by atoms with E-state index in [1.165, 1.54) is 6.08 Å². The molecule has 2 rings (SSSR count). The summed E-state index contributed by atoms with van der Waals surface area (Å²) in [7, 11) is 0. The monoisotopic (exact) mass is 294 g/mol. The van der Waals surface area contributed by atoms with Crippen LogP contribution >= 0.6 is 0 Å². The van der Waals surface area contributed by atoms with Crippen LogP contribution in [-0.4, -0.2) is 11.8 Å². The molecule has 0 fully saturated rings. The number of rotatable bonds is 6. The molecule has 3 heteroatoms. The Hall–Kier alpha value is -2.68. The topological polar surface area (TPSA) is 43.4 Å². The third-order valence-corrected chi connectivity index (χ3v) is 3.20. The van der Waals surface area contributed by atoms with Crippen molar-refractivity contribution in [2.45, 2.75) is 20.0 Å². The standard InChI is InChI=1S/C19H18O3/c1-15-7-5-6-10-17(15)11-12-18(20)13-19(21)22-14-16-8-3-2-4-9-16/h2-12H,13-14H2,1H3. The number of benzene rings is 2. The average Bonchev–Trinajstić information content (AvgIpc) is 2.53. The zero-order chi connectivity index (χ0) is 15.8. The van der Waals surface area contributed by atoms with Gasteiger partial charge in [-0.25, -0.2) is 0 Å². The van der Waals surface area contributed by atoms with Gasteiger partial charge in [0.2, 0.25) is 0 Å². The molecular formula is C19H18O3. The molecule has 0 aliphatic rings. The molecule has 0 radical (unpaired) electrons. The summed E-state index contributed by atoms with van der Waals surface area (Å²) in [6.07, 6.45) is 2.91. The van der Waals surface area contributed by atoms with Crippen LogP contribution in [0.1, 0.15) is 23.1 Å². The predicted octanol–water partition coefficient (Wildman–Crippen LogP) is 3.71.